The summed E-state index contributed by atoms with van der Waals surface area (Å²) in [6, 6.07) is 3.80. The molecule has 1 rings (SSSR count). The standard InChI is InChI=1S/C15H20N2O8S/c1-15(2,3)25-14(20)17-26(21,22)16-10-8-6-7-9(12(18)23-4)11(10)13(19)24-5/h6-8,16H,1-5H3,(H,17,20). The fourth-order valence-corrected chi connectivity index (χ4v) is 2.59. The van der Waals surface area contributed by atoms with Crippen molar-refractivity contribution in [2.75, 3.05) is 18.9 Å². The molecule has 0 aliphatic rings. The molecule has 1 aromatic carbocycles. The Morgan fingerprint density at radius 3 is 2.08 bits per heavy atom. The monoisotopic (exact) mass is 388 g/mol. The van der Waals surface area contributed by atoms with Crippen LogP contribution in [-0.2, 0) is 24.4 Å². The lowest BCUT2D eigenvalue weighted by Gasteiger charge is -2.20. The highest BCUT2D eigenvalue weighted by Gasteiger charge is 2.26. The van der Waals surface area contributed by atoms with Gasteiger partial charge in [0.1, 0.15) is 5.60 Å². The van der Waals surface area contributed by atoms with Crippen LogP contribution in [0.4, 0.5) is 10.5 Å². The Hall–Kier alpha value is -2.82. The fraction of sp³-hybridized carbons (Fsp3) is 0.400. The van der Waals surface area contributed by atoms with Crippen molar-refractivity contribution in [3.63, 3.8) is 0 Å². The highest BCUT2D eigenvalue weighted by molar-refractivity contribution is 7.91. The number of hydrogen-bond acceptors (Lipinski definition) is 8. The van der Waals surface area contributed by atoms with Gasteiger partial charge in [0, 0.05) is 0 Å². The summed E-state index contributed by atoms with van der Waals surface area (Å²) in [5, 5.41) is 0. The molecular formula is C15H20N2O8S. The van der Waals surface area contributed by atoms with Gasteiger partial charge in [0.05, 0.1) is 31.0 Å². The minimum atomic E-state index is -4.45. The number of anilines is 1. The van der Waals surface area contributed by atoms with Gasteiger partial charge in [-0.15, -0.1) is 0 Å². The maximum Gasteiger partial charge on any atom is 0.422 e. The molecule has 11 heteroatoms. The third-order valence-electron chi connectivity index (χ3n) is 2.72. The molecule has 1 amide bonds. The Bertz CT molecular complexity index is 811. The fourth-order valence-electron chi connectivity index (χ4n) is 1.82. The lowest BCUT2D eigenvalue weighted by atomic mass is 10.1. The molecule has 0 aliphatic heterocycles. The molecule has 0 aliphatic carbocycles. The molecule has 0 bridgehead atoms. The number of rotatable bonds is 5. The zero-order valence-electron chi connectivity index (χ0n) is 14.9. The van der Waals surface area contributed by atoms with E-state index in [1.165, 1.54) is 18.2 Å². The first kappa shape index (κ1) is 21.2. The van der Waals surface area contributed by atoms with E-state index in [1.54, 1.807) is 25.5 Å². The molecule has 0 atom stereocenters. The number of hydrogen-bond donors (Lipinski definition) is 2. The summed E-state index contributed by atoms with van der Waals surface area (Å²) in [5.41, 5.74) is -1.77. The van der Waals surface area contributed by atoms with Crippen LogP contribution in [0.3, 0.4) is 0 Å². The summed E-state index contributed by atoms with van der Waals surface area (Å²) >= 11 is 0. The largest absolute Gasteiger partial charge is 0.465 e. The molecule has 0 radical (unpaired) electrons. The second-order valence-electron chi connectivity index (χ2n) is 5.92. The van der Waals surface area contributed by atoms with Gasteiger partial charge < -0.3 is 14.2 Å². The normalized spacial score (nSPS) is 11.3. The Morgan fingerprint density at radius 1 is 1.00 bits per heavy atom. The first-order valence-electron chi connectivity index (χ1n) is 7.23. The van der Waals surface area contributed by atoms with Crippen molar-refractivity contribution in [3.05, 3.63) is 29.3 Å². The summed E-state index contributed by atoms with van der Waals surface area (Å²) in [6.07, 6.45) is -1.21. The number of carbonyl (C=O) groups is 3. The Labute approximate surface area is 151 Å². The van der Waals surface area contributed by atoms with E-state index in [9.17, 15) is 22.8 Å². The summed E-state index contributed by atoms with van der Waals surface area (Å²) in [4.78, 5) is 35.4. The van der Waals surface area contributed by atoms with Gasteiger partial charge in [-0.1, -0.05) is 6.07 Å². The molecule has 0 unspecified atom stereocenters. The van der Waals surface area contributed by atoms with Crippen LogP contribution >= 0.6 is 0 Å². The molecule has 10 nitrogen and oxygen atoms in total. The van der Waals surface area contributed by atoms with E-state index in [0.717, 1.165) is 14.2 Å². The summed E-state index contributed by atoms with van der Waals surface area (Å²) in [7, 11) is -2.29. The van der Waals surface area contributed by atoms with E-state index in [2.05, 4.69) is 9.47 Å². The van der Waals surface area contributed by atoms with Crippen LogP contribution in [0.2, 0.25) is 0 Å². The molecule has 1 aromatic rings. The predicted octanol–water partition coefficient (Wildman–Crippen LogP) is 1.44. The molecule has 0 saturated carbocycles. The summed E-state index contributed by atoms with van der Waals surface area (Å²) < 4.78 is 41.9. The quantitative estimate of drug-likeness (QED) is 0.571. The Morgan fingerprint density at radius 2 is 1.58 bits per heavy atom. The van der Waals surface area contributed by atoms with Crippen molar-refractivity contribution in [2.24, 2.45) is 0 Å². The minimum Gasteiger partial charge on any atom is -0.465 e. The van der Waals surface area contributed by atoms with E-state index in [-0.39, 0.29) is 16.8 Å². The first-order chi connectivity index (χ1) is 11.9. The van der Waals surface area contributed by atoms with Crippen LogP contribution in [0.5, 0.6) is 0 Å². The van der Waals surface area contributed by atoms with Crippen LogP contribution in [0.25, 0.3) is 0 Å². The van der Waals surface area contributed by atoms with Crippen LogP contribution in [0.15, 0.2) is 18.2 Å². The van der Waals surface area contributed by atoms with Crippen molar-refractivity contribution in [3.8, 4) is 0 Å². The van der Waals surface area contributed by atoms with Crippen molar-refractivity contribution < 1.29 is 37.0 Å². The van der Waals surface area contributed by atoms with Gasteiger partial charge in [0.15, 0.2) is 0 Å². The minimum absolute atomic E-state index is 0.211. The van der Waals surface area contributed by atoms with Crippen LogP contribution < -0.4 is 9.44 Å². The van der Waals surface area contributed by atoms with Crippen molar-refractivity contribution >= 4 is 33.9 Å². The van der Waals surface area contributed by atoms with Gasteiger partial charge in [-0.3, -0.25) is 4.72 Å². The molecule has 26 heavy (non-hydrogen) atoms. The second kappa shape index (κ2) is 8.04. The van der Waals surface area contributed by atoms with Crippen LogP contribution in [-0.4, -0.2) is 46.3 Å². The van der Waals surface area contributed by atoms with Gasteiger partial charge in [0.2, 0.25) is 0 Å². The molecule has 144 valence electrons. The lowest BCUT2D eigenvalue weighted by molar-refractivity contribution is 0.0556. The third-order valence-corrected chi connectivity index (χ3v) is 3.64. The van der Waals surface area contributed by atoms with Gasteiger partial charge in [-0.25, -0.2) is 19.1 Å². The van der Waals surface area contributed by atoms with Gasteiger partial charge >= 0.3 is 28.2 Å². The SMILES string of the molecule is COC(=O)c1cccc(NS(=O)(=O)NC(=O)OC(C)(C)C)c1C(=O)OC. The molecular weight excluding hydrogens is 368 g/mol. The lowest BCUT2D eigenvalue weighted by Crippen LogP contribution is -2.39. The average Bonchev–Trinajstić information content (AvgIpc) is 2.50. The highest BCUT2D eigenvalue weighted by atomic mass is 32.2. The zero-order valence-corrected chi connectivity index (χ0v) is 15.7. The molecule has 0 aromatic heterocycles. The van der Waals surface area contributed by atoms with E-state index in [0.29, 0.717) is 0 Å². The third kappa shape index (κ3) is 5.92. The maximum absolute atomic E-state index is 12.1. The van der Waals surface area contributed by atoms with Crippen LogP contribution in [0.1, 0.15) is 41.5 Å². The van der Waals surface area contributed by atoms with E-state index in [4.69, 9.17) is 4.74 Å². The van der Waals surface area contributed by atoms with E-state index in [1.807, 2.05) is 4.72 Å². The summed E-state index contributed by atoms with van der Waals surface area (Å²) in [5.74, 6) is -1.84. The van der Waals surface area contributed by atoms with E-state index < -0.39 is 33.8 Å². The Kier molecular flexibility index (Phi) is 6.56. The van der Waals surface area contributed by atoms with Crippen molar-refractivity contribution in [1.29, 1.82) is 0 Å². The molecule has 0 spiro atoms. The van der Waals surface area contributed by atoms with Gasteiger partial charge in [0.25, 0.3) is 0 Å². The number of methoxy groups -OCH3 is 2. The smallest absolute Gasteiger partial charge is 0.422 e. The topological polar surface area (TPSA) is 137 Å². The maximum atomic E-state index is 12.1. The van der Waals surface area contributed by atoms with Crippen molar-refractivity contribution in [1.82, 2.24) is 4.72 Å². The number of carbonyl (C=O) groups excluding carboxylic acids is 3. The molecule has 0 saturated heterocycles. The number of ether oxygens (including phenoxy) is 3. The van der Waals surface area contributed by atoms with E-state index >= 15 is 0 Å². The van der Waals surface area contributed by atoms with Crippen LogP contribution in [0, 0.1) is 0 Å². The second-order valence-corrected chi connectivity index (χ2v) is 7.34. The van der Waals surface area contributed by atoms with Gasteiger partial charge in [-0.05, 0) is 32.9 Å². The molecule has 0 fully saturated rings. The first-order valence-corrected chi connectivity index (χ1v) is 8.71. The molecule has 2 N–H and O–H groups in total. The number of amides is 1. The van der Waals surface area contributed by atoms with Crippen molar-refractivity contribution in [2.45, 2.75) is 26.4 Å². The highest BCUT2D eigenvalue weighted by Crippen LogP contribution is 2.23. The van der Waals surface area contributed by atoms with Gasteiger partial charge in [-0.2, -0.15) is 8.42 Å². The predicted molar refractivity (Wildman–Crippen MR) is 91.0 cm³/mol. The molecule has 0 heterocycles. The zero-order chi connectivity index (χ0) is 20.1. The number of nitrogens with one attached hydrogen (secondary N) is 2. The Balaban J connectivity index is 3.21. The summed E-state index contributed by atoms with van der Waals surface area (Å²) in [6.45, 7) is 4.67. The number of esters is 2. The number of benzene rings is 1. The average molecular weight is 388 g/mol.